The molecule has 35 heavy (non-hydrogen) atoms. The number of nitrogens with one attached hydrogen (secondary N) is 1. The number of rotatable bonds is 5. The highest BCUT2D eigenvalue weighted by molar-refractivity contribution is 5.72. The lowest BCUT2D eigenvalue weighted by Gasteiger charge is -2.26. The molecular weight excluding hydrogens is 452 g/mol. The summed E-state index contributed by atoms with van der Waals surface area (Å²) in [6.07, 6.45) is 5.28. The summed E-state index contributed by atoms with van der Waals surface area (Å²) in [5, 5.41) is 3.47. The zero-order chi connectivity index (χ0) is 23.8. The van der Waals surface area contributed by atoms with E-state index in [0.717, 1.165) is 11.4 Å². The minimum atomic E-state index is -0.317. The molecule has 1 atom stereocenters. The zero-order valence-corrected chi connectivity index (χ0v) is 18.9. The Hall–Kier alpha value is -4.25. The summed E-state index contributed by atoms with van der Waals surface area (Å²) >= 11 is 0. The van der Waals surface area contributed by atoms with Crippen LogP contribution in [-0.2, 0) is 13.0 Å². The number of ether oxygens (including phenoxy) is 4. The first kappa shape index (κ1) is 21.3. The molecule has 6 heterocycles. The van der Waals surface area contributed by atoms with E-state index in [1.807, 2.05) is 12.1 Å². The number of fused-ring (bicyclic) bond motifs is 3. The van der Waals surface area contributed by atoms with Crippen molar-refractivity contribution in [2.24, 2.45) is 0 Å². The average Bonchev–Trinajstić information content (AvgIpc) is 2.91. The molecule has 178 valence electrons. The highest BCUT2D eigenvalue weighted by Gasteiger charge is 2.23. The summed E-state index contributed by atoms with van der Waals surface area (Å²) in [4.78, 5) is 30.3. The molecule has 0 radical (unpaired) electrons. The van der Waals surface area contributed by atoms with E-state index in [4.69, 9.17) is 18.9 Å². The van der Waals surface area contributed by atoms with Crippen molar-refractivity contribution in [3.05, 3.63) is 64.6 Å². The molecule has 2 aliphatic heterocycles. The van der Waals surface area contributed by atoms with Gasteiger partial charge in [-0.2, -0.15) is 4.98 Å². The first-order chi connectivity index (χ1) is 17.2. The fraction of sp³-hybridized carbons (Fsp3) is 0.292. The van der Waals surface area contributed by atoms with E-state index >= 15 is 0 Å². The van der Waals surface area contributed by atoms with E-state index in [9.17, 15) is 4.79 Å². The number of hydrogen-bond donors (Lipinski definition) is 1. The summed E-state index contributed by atoms with van der Waals surface area (Å²) in [6.45, 7) is 2.09. The third-order valence-electron chi connectivity index (χ3n) is 5.90. The van der Waals surface area contributed by atoms with Crippen LogP contribution in [0.15, 0.2) is 47.7 Å². The lowest BCUT2D eigenvalue weighted by molar-refractivity contribution is 0.170. The number of hydrogen-bond acceptors (Lipinski definition) is 10. The molecule has 4 aromatic heterocycles. The molecule has 11 nitrogen and oxygen atoms in total. The second kappa shape index (κ2) is 8.84. The van der Waals surface area contributed by atoms with Crippen LogP contribution in [0.1, 0.15) is 11.4 Å². The molecule has 0 saturated heterocycles. The maximum atomic E-state index is 12.7. The summed E-state index contributed by atoms with van der Waals surface area (Å²) < 4.78 is 23.8. The van der Waals surface area contributed by atoms with Gasteiger partial charge in [0, 0.05) is 37.2 Å². The van der Waals surface area contributed by atoms with Crippen molar-refractivity contribution in [1.82, 2.24) is 29.8 Å². The fourth-order valence-corrected chi connectivity index (χ4v) is 4.15. The monoisotopic (exact) mass is 474 g/mol. The Morgan fingerprint density at radius 1 is 1.03 bits per heavy atom. The van der Waals surface area contributed by atoms with Gasteiger partial charge in [-0.1, -0.05) is 0 Å². The SMILES string of the molecule is COc1ccc2ncc(=O)n(-c3cnc4c(c3)OCC(NCc3cc5c(cn3)OCCO5)C4)c2n1. The Bertz CT molecular complexity index is 1470. The molecule has 1 unspecified atom stereocenters. The van der Waals surface area contributed by atoms with Gasteiger partial charge in [-0.15, -0.1) is 0 Å². The van der Waals surface area contributed by atoms with Crippen LogP contribution in [0.3, 0.4) is 0 Å². The average molecular weight is 474 g/mol. The first-order valence-corrected chi connectivity index (χ1v) is 11.2. The molecule has 1 N–H and O–H groups in total. The molecule has 4 aromatic rings. The van der Waals surface area contributed by atoms with E-state index in [-0.39, 0.29) is 11.6 Å². The van der Waals surface area contributed by atoms with Crippen LogP contribution in [0, 0.1) is 0 Å². The van der Waals surface area contributed by atoms with Crippen LogP contribution < -0.4 is 29.8 Å². The Morgan fingerprint density at radius 2 is 1.91 bits per heavy atom. The molecular formula is C24H22N6O5. The number of methoxy groups -OCH3 is 1. The van der Waals surface area contributed by atoms with Gasteiger partial charge in [0.25, 0.3) is 5.56 Å². The number of aromatic nitrogens is 5. The van der Waals surface area contributed by atoms with Crippen molar-refractivity contribution in [3.8, 4) is 28.8 Å². The maximum Gasteiger partial charge on any atom is 0.275 e. The molecule has 6 rings (SSSR count). The van der Waals surface area contributed by atoms with Crippen molar-refractivity contribution in [1.29, 1.82) is 0 Å². The van der Waals surface area contributed by atoms with Crippen molar-refractivity contribution < 1.29 is 18.9 Å². The topological polar surface area (TPSA) is 123 Å². The Labute approximate surface area is 199 Å². The number of pyridine rings is 3. The Balaban J connectivity index is 1.21. The Morgan fingerprint density at radius 3 is 2.80 bits per heavy atom. The summed E-state index contributed by atoms with van der Waals surface area (Å²) in [5.74, 6) is 2.41. The molecule has 2 aliphatic rings. The van der Waals surface area contributed by atoms with Crippen LogP contribution in [0.5, 0.6) is 23.1 Å². The molecule has 0 amide bonds. The van der Waals surface area contributed by atoms with Gasteiger partial charge in [0.1, 0.15) is 31.1 Å². The first-order valence-electron chi connectivity index (χ1n) is 11.2. The normalized spacial score (nSPS) is 16.4. The highest BCUT2D eigenvalue weighted by Crippen LogP contribution is 2.30. The number of nitrogens with zero attached hydrogens (tertiary/aromatic N) is 5. The van der Waals surface area contributed by atoms with Crippen LogP contribution in [0.4, 0.5) is 0 Å². The van der Waals surface area contributed by atoms with Gasteiger partial charge in [-0.25, -0.2) is 4.98 Å². The second-order valence-electron chi connectivity index (χ2n) is 8.18. The predicted molar refractivity (Wildman–Crippen MR) is 125 cm³/mol. The third-order valence-corrected chi connectivity index (χ3v) is 5.90. The van der Waals surface area contributed by atoms with Gasteiger partial charge in [0.2, 0.25) is 5.88 Å². The molecule has 0 spiro atoms. The van der Waals surface area contributed by atoms with E-state index in [2.05, 4.69) is 25.3 Å². The van der Waals surface area contributed by atoms with Crippen molar-refractivity contribution in [3.63, 3.8) is 0 Å². The zero-order valence-electron chi connectivity index (χ0n) is 18.9. The van der Waals surface area contributed by atoms with Crippen molar-refractivity contribution in [2.45, 2.75) is 19.0 Å². The fourth-order valence-electron chi connectivity index (χ4n) is 4.15. The second-order valence-corrected chi connectivity index (χ2v) is 8.18. The van der Waals surface area contributed by atoms with Gasteiger partial charge in [0.05, 0.1) is 42.8 Å². The summed E-state index contributed by atoms with van der Waals surface area (Å²) in [7, 11) is 1.52. The van der Waals surface area contributed by atoms with Gasteiger partial charge in [-0.3, -0.25) is 19.3 Å². The smallest absolute Gasteiger partial charge is 0.275 e. The molecule has 11 heteroatoms. The minimum Gasteiger partial charge on any atom is -0.490 e. The van der Waals surface area contributed by atoms with Crippen molar-refractivity contribution >= 4 is 11.2 Å². The van der Waals surface area contributed by atoms with E-state index in [1.165, 1.54) is 17.9 Å². The van der Waals surface area contributed by atoms with E-state index < -0.39 is 0 Å². The van der Waals surface area contributed by atoms with Crippen molar-refractivity contribution in [2.75, 3.05) is 26.9 Å². The third kappa shape index (κ3) is 4.10. The van der Waals surface area contributed by atoms with Gasteiger partial charge < -0.3 is 24.3 Å². The van der Waals surface area contributed by atoms with Crippen LogP contribution >= 0.6 is 0 Å². The van der Waals surface area contributed by atoms with Crippen LogP contribution in [0.2, 0.25) is 0 Å². The Kier molecular flexibility index (Phi) is 5.38. The summed E-state index contributed by atoms with van der Waals surface area (Å²) in [6, 6.07) is 7.22. The van der Waals surface area contributed by atoms with Gasteiger partial charge >= 0.3 is 0 Å². The quantitative estimate of drug-likeness (QED) is 0.455. The molecule has 0 aliphatic carbocycles. The molecule has 0 fully saturated rings. The maximum absolute atomic E-state index is 12.7. The summed E-state index contributed by atoms with van der Waals surface area (Å²) in [5.41, 5.74) is 2.86. The van der Waals surface area contributed by atoms with Crippen LogP contribution in [0.25, 0.3) is 16.9 Å². The minimum absolute atomic E-state index is 0.0613. The molecule has 0 saturated carbocycles. The predicted octanol–water partition coefficient (Wildman–Crippen LogP) is 1.44. The van der Waals surface area contributed by atoms with E-state index in [1.54, 1.807) is 24.5 Å². The lowest BCUT2D eigenvalue weighted by atomic mass is 10.1. The standard InChI is InChI=1S/C24H22N6O5/c1-32-22-3-2-17-24(29-22)30(23(31)12-28-17)16-8-19-18(27-10-16)6-15(13-35-19)25-9-14-7-20-21(11-26-14)34-5-4-33-20/h2-3,7-8,10-12,15,25H,4-6,9,13H2,1H3. The van der Waals surface area contributed by atoms with Gasteiger partial charge in [0.15, 0.2) is 17.1 Å². The largest absolute Gasteiger partial charge is 0.490 e. The molecule has 0 bridgehead atoms. The molecule has 0 aromatic carbocycles. The lowest BCUT2D eigenvalue weighted by Crippen LogP contribution is -2.39. The van der Waals surface area contributed by atoms with E-state index in [0.29, 0.717) is 72.8 Å². The van der Waals surface area contributed by atoms with Gasteiger partial charge in [-0.05, 0) is 6.07 Å². The highest BCUT2D eigenvalue weighted by atomic mass is 16.6. The van der Waals surface area contributed by atoms with Crippen LogP contribution in [-0.4, -0.2) is 57.5 Å².